The Hall–Kier alpha value is -2.57. The van der Waals surface area contributed by atoms with Crippen LogP contribution in [0.5, 0.6) is 0 Å². The van der Waals surface area contributed by atoms with Gasteiger partial charge in [-0.25, -0.2) is 0 Å². The van der Waals surface area contributed by atoms with Gasteiger partial charge in [-0.2, -0.15) is 0 Å². The van der Waals surface area contributed by atoms with Crippen molar-refractivity contribution in [3.8, 4) is 0 Å². The van der Waals surface area contributed by atoms with E-state index in [-0.39, 0.29) is 18.2 Å². The Morgan fingerprint density at radius 1 is 1.11 bits per heavy atom. The van der Waals surface area contributed by atoms with Crippen LogP contribution in [0.3, 0.4) is 0 Å². The summed E-state index contributed by atoms with van der Waals surface area (Å²) in [5.41, 5.74) is 2.43. The summed E-state index contributed by atoms with van der Waals surface area (Å²) >= 11 is 6.27. The smallest absolute Gasteiger partial charge is 0.226 e. The number of anilines is 2. The summed E-state index contributed by atoms with van der Waals surface area (Å²) < 4.78 is 5.41. The SMILES string of the molecule is CC(=O)NC(CC(=O)Nc1ccccc1N1CCOCC1)c1ccccc1Cl. The molecular weight excluding hydrogens is 378 g/mol. The maximum atomic E-state index is 12.8. The number of carbonyl (C=O) groups is 2. The normalized spacial score (nSPS) is 15.0. The number of para-hydroxylation sites is 2. The summed E-state index contributed by atoms with van der Waals surface area (Å²) in [7, 11) is 0. The van der Waals surface area contributed by atoms with E-state index in [0.717, 1.165) is 30.0 Å². The van der Waals surface area contributed by atoms with E-state index in [9.17, 15) is 9.59 Å². The Morgan fingerprint density at radius 2 is 1.79 bits per heavy atom. The van der Waals surface area contributed by atoms with Gasteiger partial charge in [0.15, 0.2) is 0 Å². The van der Waals surface area contributed by atoms with Crippen molar-refractivity contribution in [2.45, 2.75) is 19.4 Å². The molecule has 0 aliphatic carbocycles. The fourth-order valence-corrected chi connectivity index (χ4v) is 3.56. The Morgan fingerprint density at radius 3 is 2.50 bits per heavy atom. The lowest BCUT2D eigenvalue weighted by molar-refractivity contribution is -0.120. The van der Waals surface area contributed by atoms with Crippen molar-refractivity contribution in [2.24, 2.45) is 0 Å². The number of benzene rings is 2. The molecule has 2 N–H and O–H groups in total. The Kier molecular flexibility index (Phi) is 6.90. The first-order valence-corrected chi connectivity index (χ1v) is 9.65. The Balaban J connectivity index is 1.75. The summed E-state index contributed by atoms with van der Waals surface area (Å²) in [6, 6.07) is 14.4. The molecule has 1 unspecified atom stereocenters. The quantitative estimate of drug-likeness (QED) is 0.778. The van der Waals surface area contributed by atoms with Crippen LogP contribution in [-0.4, -0.2) is 38.1 Å². The van der Waals surface area contributed by atoms with Crippen LogP contribution in [0.25, 0.3) is 0 Å². The average Bonchev–Trinajstić information content (AvgIpc) is 2.68. The highest BCUT2D eigenvalue weighted by atomic mass is 35.5. The highest BCUT2D eigenvalue weighted by Crippen LogP contribution is 2.29. The van der Waals surface area contributed by atoms with E-state index in [1.165, 1.54) is 6.92 Å². The van der Waals surface area contributed by atoms with Crippen LogP contribution in [0, 0.1) is 0 Å². The second-order valence-electron chi connectivity index (χ2n) is 6.64. The third kappa shape index (κ3) is 5.24. The van der Waals surface area contributed by atoms with Crippen LogP contribution in [0.15, 0.2) is 48.5 Å². The number of morpholine rings is 1. The van der Waals surface area contributed by atoms with Gasteiger partial charge in [0.25, 0.3) is 0 Å². The first-order chi connectivity index (χ1) is 13.5. The number of halogens is 1. The van der Waals surface area contributed by atoms with Gasteiger partial charge in [-0.15, -0.1) is 0 Å². The van der Waals surface area contributed by atoms with Crippen molar-refractivity contribution in [2.75, 3.05) is 36.5 Å². The zero-order chi connectivity index (χ0) is 19.9. The maximum absolute atomic E-state index is 12.8. The molecule has 28 heavy (non-hydrogen) atoms. The summed E-state index contributed by atoms with van der Waals surface area (Å²) in [5, 5.41) is 6.32. The molecule has 2 amide bonds. The van der Waals surface area contributed by atoms with Crippen LogP contribution in [0.4, 0.5) is 11.4 Å². The highest BCUT2D eigenvalue weighted by Gasteiger charge is 2.21. The molecular formula is C21H24ClN3O3. The molecule has 0 aromatic heterocycles. The third-order valence-corrected chi connectivity index (χ3v) is 4.92. The average molecular weight is 402 g/mol. The van der Waals surface area contributed by atoms with E-state index in [2.05, 4.69) is 15.5 Å². The predicted octanol–water partition coefficient (Wildman–Crippen LogP) is 3.38. The lowest BCUT2D eigenvalue weighted by atomic mass is 10.0. The van der Waals surface area contributed by atoms with Gasteiger partial charge in [0, 0.05) is 25.0 Å². The molecule has 2 aromatic carbocycles. The largest absolute Gasteiger partial charge is 0.378 e. The van der Waals surface area contributed by atoms with Crippen molar-refractivity contribution >= 4 is 34.8 Å². The number of hydrogen-bond donors (Lipinski definition) is 2. The van der Waals surface area contributed by atoms with Crippen LogP contribution in [0.2, 0.25) is 5.02 Å². The molecule has 1 atom stereocenters. The van der Waals surface area contributed by atoms with Crippen LogP contribution in [-0.2, 0) is 14.3 Å². The van der Waals surface area contributed by atoms with Crippen molar-refractivity contribution in [3.05, 3.63) is 59.1 Å². The summed E-state index contributed by atoms with van der Waals surface area (Å²) in [6.45, 7) is 4.32. The number of nitrogens with one attached hydrogen (secondary N) is 2. The van der Waals surface area contributed by atoms with E-state index in [4.69, 9.17) is 16.3 Å². The molecule has 0 saturated carbocycles. The van der Waals surface area contributed by atoms with Gasteiger partial charge in [0.05, 0.1) is 37.1 Å². The van der Waals surface area contributed by atoms with Gasteiger partial charge in [-0.1, -0.05) is 41.9 Å². The van der Waals surface area contributed by atoms with Crippen molar-refractivity contribution < 1.29 is 14.3 Å². The molecule has 1 saturated heterocycles. The van der Waals surface area contributed by atoms with Crippen LogP contribution >= 0.6 is 11.6 Å². The standard InChI is InChI=1S/C21H24ClN3O3/c1-15(26)23-19(16-6-2-3-7-17(16)22)14-21(27)24-18-8-4-5-9-20(18)25-10-12-28-13-11-25/h2-9,19H,10-14H2,1H3,(H,23,26)(H,24,27). The molecule has 2 aromatic rings. The Bertz CT molecular complexity index is 837. The molecule has 6 nitrogen and oxygen atoms in total. The zero-order valence-corrected chi connectivity index (χ0v) is 16.5. The Labute approximate surface area is 169 Å². The van der Waals surface area contributed by atoms with Crippen LogP contribution < -0.4 is 15.5 Å². The molecule has 1 aliphatic rings. The fraction of sp³-hybridized carbons (Fsp3) is 0.333. The first kappa shape index (κ1) is 20.2. The van der Waals surface area contributed by atoms with E-state index in [1.54, 1.807) is 6.07 Å². The zero-order valence-electron chi connectivity index (χ0n) is 15.8. The molecule has 3 rings (SSSR count). The minimum absolute atomic E-state index is 0.0841. The van der Waals surface area contributed by atoms with Crippen molar-refractivity contribution in [1.29, 1.82) is 0 Å². The van der Waals surface area contributed by atoms with Gasteiger partial charge in [0.1, 0.15) is 0 Å². The summed E-state index contributed by atoms with van der Waals surface area (Å²) in [6.07, 6.45) is 0.0841. The summed E-state index contributed by atoms with van der Waals surface area (Å²) in [5.74, 6) is -0.411. The van der Waals surface area contributed by atoms with E-state index in [0.29, 0.717) is 18.2 Å². The first-order valence-electron chi connectivity index (χ1n) is 9.27. The molecule has 1 fully saturated rings. The van der Waals surface area contributed by atoms with Crippen LogP contribution in [0.1, 0.15) is 24.9 Å². The van der Waals surface area contributed by atoms with Crippen molar-refractivity contribution in [3.63, 3.8) is 0 Å². The van der Waals surface area contributed by atoms with Gasteiger partial charge in [0.2, 0.25) is 11.8 Å². The van der Waals surface area contributed by atoms with Gasteiger partial charge < -0.3 is 20.3 Å². The number of amides is 2. The number of ether oxygens (including phenoxy) is 1. The monoisotopic (exact) mass is 401 g/mol. The predicted molar refractivity (Wildman–Crippen MR) is 111 cm³/mol. The lowest BCUT2D eigenvalue weighted by Gasteiger charge is -2.30. The molecule has 0 bridgehead atoms. The molecule has 0 radical (unpaired) electrons. The van der Waals surface area contributed by atoms with Gasteiger partial charge >= 0.3 is 0 Å². The lowest BCUT2D eigenvalue weighted by Crippen LogP contribution is -2.37. The molecule has 1 heterocycles. The minimum atomic E-state index is -0.498. The molecule has 0 spiro atoms. The van der Waals surface area contributed by atoms with Crippen molar-refractivity contribution in [1.82, 2.24) is 5.32 Å². The minimum Gasteiger partial charge on any atom is -0.378 e. The maximum Gasteiger partial charge on any atom is 0.226 e. The summed E-state index contributed by atoms with van der Waals surface area (Å²) in [4.78, 5) is 26.6. The topological polar surface area (TPSA) is 70.7 Å². The van der Waals surface area contributed by atoms with E-state index >= 15 is 0 Å². The molecule has 7 heteroatoms. The fourth-order valence-electron chi connectivity index (χ4n) is 3.29. The molecule has 1 aliphatic heterocycles. The second kappa shape index (κ2) is 9.57. The van der Waals surface area contributed by atoms with Gasteiger partial charge in [-0.05, 0) is 23.8 Å². The second-order valence-corrected chi connectivity index (χ2v) is 7.05. The third-order valence-electron chi connectivity index (χ3n) is 4.58. The number of hydrogen-bond acceptors (Lipinski definition) is 4. The number of rotatable bonds is 6. The number of nitrogens with zero attached hydrogens (tertiary/aromatic N) is 1. The number of carbonyl (C=O) groups excluding carboxylic acids is 2. The van der Waals surface area contributed by atoms with E-state index in [1.807, 2.05) is 42.5 Å². The molecule has 148 valence electrons. The van der Waals surface area contributed by atoms with E-state index < -0.39 is 6.04 Å². The highest BCUT2D eigenvalue weighted by molar-refractivity contribution is 6.31. The van der Waals surface area contributed by atoms with Gasteiger partial charge in [-0.3, -0.25) is 9.59 Å².